The van der Waals surface area contributed by atoms with Crippen molar-refractivity contribution >= 4 is 17.4 Å². The van der Waals surface area contributed by atoms with Crippen molar-refractivity contribution in [2.24, 2.45) is 5.73 Å². The van der Waals surface area contributed by atoms with Crippen LogP contribution in [0.2, 0.25) is 5.02 Å². The number of anilines is 1. The first-order valence-corrected chi connectivity index (χ1v) is 9.92. The Morgan fingerprint density at radius 1 is 1.10 bits per heavy atom. The average molecular weight is 412 g/mol. The smallest absolute Gasteiger partial charge is 0.258 e. The fraction of sp³-hybridized carbons (Fsp3) is 0.286. The van der Waals surface area contributed by atoms with Gasteiger partial charge in [0.15, 0.2) is 0 Å². The van der Waals surface area contributed by atoms with E-state index in [0.717, 1.165) is 30.2 Å². The first kappa shape index (κ1) is 19.4. The number of hydrogen-bond acceptors (Lipinski definition) is 6. The van der Waals surface area contributed by atoms with Crippen LogP contribution < -0.4 is 20.9 Å². The third-order valence-corrected chi connectivity index (χ3v) is 5.12. The van der Waals surface area contributed by atoms with Crippen LogP contribution in [0, 0.1) is 0 Å². The maximum atomic E-state index is 12.6. The van der Waals surface area contributed by atoms with Crippen molar-refractivity contribution in [3.63, 3.8) is 0 Å². The van der Waals surface area contributed by atoms with Gasteiger partial charge in [0.1, 0.15) is 18.2 Å². The molecule has 4 rings (SSSR count). The molecule has 1 aliphatic rings. The van der Waals surface area contributed by atoms with Gasteiger partial charge in [-0.2, -0.15) is 0 Å². The van der Waals surface area contributed by atoms with Gasteiger partial charge in [-0.3, -0.25) is 14.3 Å². The lowest BCUT2D eigenvalue weighted by molar-refractivity contribution is 0.300. The molecular formula is C21H22ClN5O2. The SMILES string of the molecule is NCc1cc(-n2ccc(OCc3ccc(Cl)cn3)cc2=O)cnc1N1CCCC1. The van der Waals surface area contributed by atoms with Crippen LogP contribution in [-0.4, -0.2) is 27.6 Å². The molecule has 0 unspecified atom stereocenters. The molecule has 0 bridgehead atoms. The minimum absolute atomic E-state index is 0.203. The van der Waals surface area contributed by atoms with Crippen LogP contribution in [0.25, 0.3) is 5.69 Å². The Hall–Kier alpha value is -2.90. The van der Waals surface area contributed by atoms with Crippen LogP contribution in [-0.2, 0) is 13.2 Å². The number of nitrogens with two attached hydrogens (primary N) is 1. The molecule has 2 N–H and O–H groups in total. The summed E-state index contributed by atoms with van der Waals surface area (Å²) in [6, 6.07) is 8.66. The highest BCUT2D eigenvalue weighted by Gasteiger charge is 2.17. The van der Waals surface area contributed by atoms with Crippen LogP contribution in [0.15, 0.2) is 53.7 Å². The number of aromatic nitrogens is 3. The van der Waals surface area contributed by atoms with E-state index < -0.39 is 0 Å². The Balaban J connectivity index is 1.53. The van der Waals surface area contributed by atoms with E-state index in [4.69, 9.17) is 22.1 Å². The predicted octanol–water partition coefficient (Wildman–Crippen LogP) is 2.92. The van der Waals surface area contributed by atoms with Crippen LogP contribution >= 0.6 is 11.6 Å². The second-order valence-corrected chi connectivity index (χ2v) is 7.34. The molecule has 3 aromatic rings. The molecule has 1 fully saturated rings. The van der Waals surface area contributed by atoms with Crippen molar-refractivity contribution in [1.29, 1.82) is 0 Å². The van der Waals surface area contributed by atoms with Crippen molar-refractivity contribution in [3.05, 3.63) is 75.6 Å². The normalized spacial score (nSPS) is 13.7. The monoisotopic (exact) mass is 411 g/mol. The fourth-order valence-electron chi connectivity index (χ4n) is 3.40. The highest BCUT2D eigenvalue weighted by Crippen LogP contribution is 2.24. The average Bonchev–Trinajstić information content (AvgIpc) is 3.28. The van der Waals surface area contributed by atoms with E-state index in [-0.39, 0.29) is 12.2 Å². The van der Waals surface area contributed by atoms with Gasteiger partial charge >= 0.3 is 0 Å². The number of halogens is 1. The molecule has 0 atom stereocenters. The van der Waals surface area contributed by atoms with Crippen molar-refractivity contribution < 1.29 is 4.74 Å². The molecule has 1 saturated heterocycles. The van der Waals surface area contributed by atoms with Crippen molar-refractivity contribution in [1.82, 2.24) is 14.5 Å². The van der Waals surface area contributed by atoms with E-state index in [9.17, 15) is 4.79 Å². The molecule has 0 radical (unpaired) electrons. The van der Waals surface area contributed by atoms with E-state index in [1.807, 2.05) is 6.07 Å². The Morgan fingerprint density at radius 2 is 1.93 bits per heavy atom. The summed E-state index contributed by atoms with van der Waals surface area (Å²) in [5.41, 5.74) is 8.09. The van der Waals surface area contributed by atoms with Crippen molar-refractivity contribution in [2.45, 2.75) is 26.0 Å². The topological polar surface area (TPSA) is 86.3 Å². The van der Waals surface area contributed by atoms with Gasteiger partial charge in [0.05, 0.1) is 22.6 Å². The van der Waals surface area contributed by atoms with Gasteiger partial charge in [0.2, 0.25) is 0 Å². The van der Waals surface area contributed by atoms with Crippen LogP contribution in [0.5, 0.6) is 5.75 Å². The van der Waals surface area contributed by atoms with E-state index in [0.29, 0.717) is 23.0 Å². The van der Waals surface area contributed by atoms with Crippen molar-refractivity contribution in [3.8, 4) is 11.4 Å². The molecule has 29 heavy (non-hydrogen) atoms. The molecule has 0 aliphatic carbocycles. The molecule has 150 valence electrons. The third-order valence-electron chi connectivity index (χ3n) is 4.90. The lowest BCUT2D eigenvalue weighted by atomic mass is 10.2. The van der Waals surface area contributed by atoms with Gasteiger partial charge in [-0.05, 0) is 37.1 Å². The van der Waals surface area contributed by atoms with E-state index in [1.54, 1.807) is 36.8 Å². The van der Waals surface area contributed by atoms with Crippen LogP contribution in [0.4, 0.5) is 5.82 Å². The Bertz CT molecular complexity index is 1050. The number of hydrogen-bond donors (Lipinski definition) is 1. The summed E-state index contributed by atoms with van der Waals surface area (Å²) in [5.74, 6) is 1.39. The van der Waals surface area contributed by atoms with Crippen LogP contribution in [0.1, 0.15) is 24.1 Å². The summed E-state index contributed by atoms with van der Waals surface area (Å²) in [7, 11) is 0. The first-order chi connectivity index (χ1) is 14.1. The highest BCUT2D eigenvalue weighted by molar-refractivity contribution is 6.30. The summed E-state index contributed by atoms with van der Waals surface area (Å²) >= 11 is 5.83. The zero-order chi connectivity index (χ0) is 20.2. The minimum Gasteiger partial charge on any atom is -0.487 e. The Kier molecular flexibility index (Phi) is 5.78. The molecule has 3 aromatic heterocycles. The maximum Gasteiger partial charge on any atom is 0.258 e. The molecule has 1 aliphatic heterocycles. The van der Waals surface area contributed by atoms with Crippen molar-refractivity contribution in [2.75, 3.05) is 18.0 Å². The second kappa shape index (κ2) is 8.63. The number of nitrogens with zero attached hydrogens (tertiary/aromatic N) is 4. The summed E-state index contributed by atoms with van der Waals surface area (Å²) < 4.78 is 7.21. The van der Waals surface area contributed by atoms with Gasteiger partial charge < -0.3 is 15.4 Å². The zero-order valence-corrected chi connectivity index (χ0v) is 16.7. The number of rotatable bonds is 6. The summed E-state index contributed by atoms with van der Waals surface area (Å²) in [4.78, 5) is 23.6. The molecule has 8 heteroatoms. The first-order valence-electron chi connectivity index (χ1n) is 9.54. The number of ether oxygens (including phenoxy) is 1. The minimum atomic E-state index is -0.203. The lowest BCUT2D eigenvalue weighted by Gasteiger charge is -2.20. The maximum absolute atomic E-state index is 12.6. The summed E-state index contributed by atoms with van der Waals surface area (Å²) in [5, 5.41) is 0.567. The van der Waals surface area contributed by atoms with Gasteiger partial charge in [-0.15, -0.1) is 0 Å². The predicted molar refractivity (Wildman–Crippen MR) is 113 cm³/mol. The summed E-state index contributed by atoms with van der Waals surface area (Å²) in [6.45, 7) is 2.61. The van der Waals surface area contributed by atoms with Gasteiger partial charge in [-0.25, -0.2) is 4.98 Å². The molecule has 0 saturated carbocycles. The Morgan fingerprint density at radius 3 is 2.62 bits per heavy atom. The van der Waals surface area contributed by atoms with Gasteiger partial charge in [0.25, 0.3) is 5.56 Å². The molecule has 0 amide bonds. The van der Waals surface area contributed by atoms with E-state index >= 15 is 0 Å². The quantitative estimate of drug-likeness (QED) is 0.671. The second-order valence-electron chi connectivity index (χ2n) is 6.90. The standard InChI is InChI=1S/C21H22ClN5O2/c22-16-3-4-17(24-12-16)14-29-19-5-8-27(20(28)10-19)18-9-15(11-23)21(25-13-18)26-6-1-2-7-26/h3-5,8-10,12-13H,1-2,6-7,11,14,23H2. The summed E-state index contributed by atoms with van der Waals surface area (Å²) in [6.07, 6.45) is 7.29. The van der Waals surface area contributed by atoms with Gasteiger partial charge in [0, 0.05) is 43.7 Å². The van der Waals surface area contributed by atoms with E-state index in [1.165, 1.54) is 23.5 Å². The molecule has 4 heterocycles. The third kappa shape index (κ3) is 4.41. The number of pyridine rings is 3. The van der Waals surface area contributed by atoms with Gasteiger partial charge in [-0.1, -0.05) is 11.6 Å². The largest absolute Gasteiger partial charge is 0.487 e. The lowest BCUT2D eigenvalue weighted by Crippen LogP contribution is -2.23. The highest BCUT2D eigenvalue weighted by atomic mass is 35.5. The fourth-order valence-corrected chi connectivity index (χ4v) is 3.51. The van der Waals surface area contributed by atoms with Crippen LogP contribution in [0.3, 0.4) is 0 Å². The molecular weight excluding hydrogens is 390 g/mol. The van der Waals surface area contributed by atoms with E-state index in [2.05, 4.69) is 14.9 Å². The Labute approximate surface area is 173 Å². The molecule has 0 spiro atoms. The molecule has 0 aromatic carbocycles. The molecule has 7 nitrogen and oxygen atoms in total. The zero-order valence-electron chi connectivity index (χ0n) is 15.9.